The minimum absolute atomic E-state index is 0.00613. The summed E-state index contributed by atoms with van der Waals surface area (Å²) in [5.74, 6) is 0.582. The Bertz CT molecular complexity index is 1220. The number of rotatable bonds is 7. The highest BCUT2D eigenvalue weighted by molar-refractivity contribution is 6.33. The Kier molecular flexibility index (Phi) is 7.94. The molecule has 0 bridgehead atoms. The molecule has 2 aliphatic heterocycles. The van der Waals surface area contributed by atoms with Crippen LogP contribution in [0.1, 0.15) is 61.9 Å². The van der Waals surface area contributed by atoms with Crippen LogP contribution >= 0.6 is 11.6 Å². The van der Waals surface area contributed by atoms with E-state index in [0.29, 0.717) is 28.8 Å². The van der Waals surface area contributed by atoms with Crippen molar-refractivity contribution in [2.75, 3.05) is 36.0 Å². The summed E-state index contributed by atoms with van der Waals surface area (Å²) < 4.78 is 0. The fourth-order valence-electron chi connectivity index (χ4n) is 5.26. The van der Waals surface area contributed by atoms with Crippen molar-refractivity contribution in [1.29, 1.82) is 0 Å². The predicted molar refractivity (Wildman–Crippen MR) is 151 cm³/mol. The number of carbonyl (C=O) groups is 1. The second kappa shape index (κ2) is 11.5. The molecule has 1 aromatic heterocycles. The zero-order valence-corrected chi connectivity index (χ0v) is 22.6. The average molecular weight is 518 g/mol. The van der Waals surface area contributed by atoms with Gasteiger partial charge in [-0.1, -0.05) is 41.9 Å². The van der Waals surface area contributed by atoms with Crippen LogP contribution in [-0.4, -0.2) is 53.0 Å². The maximum absolute atomic E-state index is 14.0. The minimum atomic E-state index is -0.0845. The van der Waals surface area contributed by atoms with Gasteiger partial charge in [-0.25, -0.2) is 9.97 Å². The first-order valence-corrected chi connectivity index (χ1v) is 13.9. The van der Waals surface area contributed by atoms with Crippen molar-refractivity contribution in [3.63, 3.8) is 0 Å². The van der Waals surface area contributed by atoms with Crippen molar-refractivity contribution in [1.82, 2.24) is 14.9 Å². The van der Waals surface area contributed by atoms with Gasteiger partial charge in [0.2, 0.25) is 5.95 Å². The summed E-state index contributed by atoms with van der Waals surface area (Å²) in [5.41, 5.74) is 4.20. The fraction of sp³-hybridized carbons (Fsp3) is 0.433. The first-order valence-electron chi connectivity index (χ1n) is 13.5. The number of halogens is 1. The van der Waals surface area contributed by atoms with E-state index in [1.807, 2.05) is 29.2 Å². The highest BCUT2D eigenvalue weighted by Gasteiger charge is 2.26. The summed E-state index contributed by atoms with van der Waals surface area (Å²) in [4.78, 5) is 30.2. The van der Waals surface area contributed by atoms with Crippen LogP contribution in [0.15, 0.2) is 54.7 Å². The maximum atomic E-state index is 14.0. The minimum Gasteiger partial charge on any atom is -0.372 e. The topological polar surface area (TPSA) is 52.6 Å². The number of aromatic nitrogens is 2. The molecule has 0 saturated carbocycles. The Morgan fingerprint density at radius 3 is 2.24 bits per heavy atom. The monoisotopic (exact) mass is 517 g/mol. The van der Waals surface area contributed by atoms with Gasteiger partial charge in [0.1, 0.15) is 0 Å². The number of carbonyl (C=O) groups excluding carboxylic acids is 1. The molecule has 0 N–H and O–H groups in total. The van der Waals surface area contributed by atoms with E-state index in [-0.39, 0.29) is 11.9 Å². The number of anilines is 2. The molecule has 3 aromatic rings. The first kappa shape index (κ1) is 25.5. The predicted octanol–water partition coefficient (Wildman–Crippen LogP) is 6.44. The van der Waals surface area contributed by atoms with Gasteiger partial charge >= 0.3 is 0 Å². The molecule has 1 amide bonds. The quantitative estimate of drug-likeness (QED) is 0.361. The molecule has 2 aliphatic rings. The van der Waals surface area contributed by atoms with Crippen LogP contribution in [0, 0.1) is 0 Å². The smallest absolute Gasteiger partial charge is 0.258 e. The molecule has 5 rings (SSSR count). The van der Waals surface area contributed by atoms with Crippen LogP contribution < -0.4 is 9.80 Å². The van der Waals surface area contributed by atoms with Crippen LogP contribution in [0.5, 0.6) is 0 Å². The lowest BCUT2D eigenvalue weighted by Crippen LogP contribution is -2.37. The second-order valence-electron chi connectivity index (χ2n) is 10.3. The molecule has 0 aliphatic carbocycles. The molecule has 37 heavy (non-hydrogen) atoms. The Morgan fingerprint density at radius 2 is 1.57 bits per heavy atom. The lowest BCUT2D eigenvalue weighted by atomic mass is 10.0. The van der Waals surface area contributed by atoms with E-state index >= 15 is 0 Å². The van der Waals surface area contributed by atoms with Gasteiger partial charge < -0.3 is 14.7 Å². The van der Waals surface area contributed by atoms with Crippen LogP contribution in [0.4, 0.5) is 11.6 Å². The molecule has 2 saturated heterocycles. The van der Waals surface area contributed by atoms with Crippen molar-refractivity contribution in [2.45, 2.75) is 58.5 Å². The molecule has 2 fully saturated rings. The van der Waals surface area contributed by atoms with Gasteiger partial charge in [0.25, 0.3) is 5.91 Å². The number of benzene rings is 2. The lowest BCUT2D eigenvalue weighted by molar-refractivity contribution is 0.0690. The van der Waals surface area contributed by atoms with Crippen molar-refractivity contribution >= 4 is 29.1 Å². The summed E-state index contributed by atoms with van der Waals surface area (Å²) in [7, 11) is 0. The van der Waals surface area contributed by atoms with Gasteiger partial charge in [-0.2, -0.15) is 0 Å². The second-order valence-corrected chi connectivity index (χ2v) is 10.8. The molecular weight excluding hydrogens is 482 g/mol. The summed E-state index contributed by atoms with van der Waals surface area (Å²) in [6.45, 7) is 8.72. The number of hydrogen-bond donors (Lipinski definition) is 0. The maximum Gasteiger partial charge on any atom is 0.258 e. The van der Waals surface area contributed by atoms with Gasteiger partial charge in [-0.15, -0.1) is 0 Å². The third kappa shape index (κ3) is 5.74. The summed E-state index contributed by atoms with van der Waals surface area (Å²) >= 11 is 6.61. The number of piperidine rings is 1. The Labute approximate surface area is 225 Å². The highest BCUT2D eigenvalue weighted by atomic mass is 35.5. The standard InChI is InChI=1S/C30H36ClN5O/c1-22(2)36(21-23-12-14-24(15-13-23)34-16-8-9-17-34)29(37)26-20-32-30(35-18-6-3-7-19-35)33-28(26)25-10-4-5-11-27(25)31/h4-5,10-15,20,22H,3,6-9,16-19,21H2,1-2H3. The van der Waals surface area contributed by atoms with Crippen molar-refractivity contribution in [3.8, 4) is 11.3 Å². The molecule has 7 heteroatoms. The molecule has 0 radical (unpaired) electrons. The summed E-state index contributed by atoms with van der Waals surface area (Å²) in [6.07, 6.45) is 7.69. The first-order chi connectivity index (χ1) is 18.0. The Morgan fingerprint density at radius 1 is 0.919 bits per heavy atom. The van der Waals surface area contributed by atoms with E-state index < -0.39 is 0 Å². The molecule has 3 heterocycles. The summed E-state index contributed by atoms with van der Waals surface area (Å²) in [6, 6.07) is 16.2. The van der Waals surface area contributed by atoms with Gasteiger partial charge in [0.15, 0.2) is 0 Å². The van der Waals surface area contributed by atoms with Crippen LogP contribution in [0.25, 0.3) is 11.3 Å². The van der Waals surface area contributed by atoms with E-state index in [2.05, 4.69) is 52.9 Å². The lowest BCUT2D eigenvalue weighted by Gasteiger charge is -2.29. The third-order valence-corrected chi connectivity index (χ3v) is 7.75. The Hall–Kier alpha value is -3.12. The average Bonchev–Trinajstić information content (AvgIpc) is 3.47. The molecule has 0 spiro atoms. The van der Waals surface area contributed by atoms with Crippen LogP contribution in [-0.2, 0) is 6.54 Å². The molecule has 0 atom stereocenters. The van der Waals surface area contributed by atoms with Crippen molar-refractivity contribution in [2.24, 2.45) is 0 Å². The molecular formula is C30H36ClN5O. The fourth-order valence-corrected chi connectivity index (χ4v) is 5.49. The third-order valence-electron chi connectivity index (χ3n) is 7.42. The molecule has 6 nitrogen and oxygen atoms in total. The van der Waals surface area contributed by atoms with E-state index in [1.54, 1.807) is 6.20 Å². The zero-order chi connectivity index (χ0) is 25.8. The largest absolute Gasteiger partial charge is 0.372 e. The molecule has 194 valence electrons. The highest BCUT2D eigenvalue weighted by Crippen LogP contribution is 2.32. The molecule has 0 unspecified atom stereocenters. The summed E-state index contributed by atoms with van der Waals surface area (Å²) in [5, 5.41) is 0.577. The van der Waals surface area contributed by atoms with E-state index in [4.69, 9.17) is 16.6 Å². The number of hydrogen-bond acceptors (Lipinski definition) is 5. The normalized spacial score (nSPS) is 15.9. The SMILES string of the molecule is CC(C)N(Cc1ccc(N2CCCC2)cc1)C(=O)c1cnc(N2CCCCC2)nc1-c1ccccc1Cl. The van der Waals surface area contributed by atoms with Gasteiger partial charge in [0.05, 0.1) is 11.3 Å². The van der Waals surface area contributed by atoms with Gasteiger partial charge in [0, 0.05) is 61.2 Å². The van der Waals surface area contributed by atoms with Gasteiger partial charge in [-0.3, -0.25) is 4.79 Å². The van der Waals surface area contributed by atoms with Crippen LogP contribution in [0.2, 0.25) is 5.02 Å². The van der Waals surface area contributed by atoms with Crippen molar-refractivity contribution in [3.05, 3.63) is 70.9 Å². The number of nitrogens with zero attached hydrogens (tertiary/aromatic N) is 5. The Balaban J connectivity index is 1.46. The molecule has 2 aromatic carbocycles. The van der Waals surface area contributed by atoms with E-state index in [0.717, 1.165) is 50.1 Å². The van der Waals surface area contributed by atoms with Crippen molar-refractivity contribution < 1.29 is 4.79 Å². The van der Waals surface area contributed by atoms with E-state index in [9.17, 15) is 4.79 Å². The number of amides is 1. The van der Waals surface area contributed by atoms with E-state index in [1.165, 1.54) is 24.9 Å². The zero-order valence-electron chi connectivity index (χ0n) is 21.9. The van der Waals surface area contributed by atoms with Gasteiger partial charge in [-0.05, 0) is 69.7 Å². The van der Waals surface area contributed by atoms with Crippen LogP contribution in [0.3, 0.4) is 0 Å².